The fourth-order valence-corrected chi connectivity index (χ4v) is 3.06. The Morgan fingerprint density at radius 3 is 2.75 bits per heavy atom. The summed E-state index contributed by atoms with van der Waals surface area (Å²) in [7, 11) is 0. The smallest absolute Gasteiger partial charge is 0.409 e. The molecule has 4 rings (SSSR count). The number of carbonyl (C=O) groups is 1. The lowest BCUT2D eigenvalue weighted by atomic mass is 10.2. The number of nitrogens with one attached hydrogen (secondary N) is 1. The monoisotopic (exact) mass is 386 g/mol. The molecule has 0 aliphatic carbocycles. The summed E-state index contributed by atoms with van der Waals surface area (Å²) in [6.07, 6.45) is 1.28. The Morgan fingerprint density at radius 1 is 1.18 bits per heavy atom. The SMILES string of the molecule is CCOC(=O)N1CCN(c2nncc(Nc3ccc4c(c3)OCCO4)n2)CC1. The lowest BCUT2D eigenvalue weighted by Gasteiger charge is -2.33. The van der Waals surface area contributed by atoms with E-state index >= 15 is 0 Å². The van der Waals surface area contributed by atoms with Crippen LogP contribution in [0.25, 0.3) is 0 Å². The van der Waals surface area contributed by atoms with Gasteiger partial charge in [0.15, 0.2) is 17.3 Å². The van der Waals surface area contributed by atoms with E-state index in [1.807, 2.05) is 23.1 Å². The van der Waals surface area contributed by atoms with Gasteiger partial charge in [0, 0.05) is 37.9 Å². The minimum Gasteiger partial charge on any atom is -0.486 e. The normalized spacial score (nSPS) is 15.9. The molecule has 28 heavy (non-hydrogen) atoms. The highest BCUT2D eigenvalue weighted by atomic mass is 16.6. The van der Waals surface area contributed by atoms with E-state index in [1.165, 1.54) is 0 Å². The molecule has 10 heteroatoms. The van der Waals surface area contributed by atoms with E-state index in [0.717, 1.165) is 11.4 Å². The number of hydrogen-bond acceptors (Lipinski definition) is 9. The van der Waals surface area contributed by atoms with Gasteiger partial charge in [0.1, 0.15) is 13.2 Å². The molecule has 1 N–H and O–H groups in total. The zero-order valence-electron chi connectivity index (χ0n) is 15.6. The fraction of sp³-hybridized carbons (Fsp3) is 0.444. The number of rotatable bonds is 4. The van der Waals surface area contributed by atoms with Crippen LogP contribution in [0.1, 0.15) is 6.92 Å². The van der Waals surface area contributed by atoms with Crippen molar-refractivity contribution in [3.8, 4) is 11.5 Å². The molecule has 0 saturated carbocycles. The lowest BCUT2D eigenvalue weighted by Crippen LogP contribution is -2.49. The first-order valence-corrected chi connectivity index (χ1v) is 9.26. The van der Waals surface area contributed by atoms with Crippen molar-refractivity contribution in [2.45, 2.75) is 6.92 Å². The summed E-state index contributed by atoms with van der Waals surface area (Å²) in [6.45, 7) is 5.62. The third kappa shape index (κ3) is 4.00. The van der Waals surface area contributed by atoms with E-state index in [2.05, 4.69) is 20.5 Å². The van der Waals surface area contributed by atoms with Crippen molar-refractivity contribution in [3.05, 3.63) is 24.4 Å². The summed E-state index contributed by atoms with van der Waals surface area (Å²) < 4.78 is 16.2. The number of anilines is 3. The van der Waals surface area contributed by atoms with Gasteiger partial charge in [0.25, 0.3) is 0 Å². The molecule has 0 radical (unpaired) electrons. The molecule has 1 aromatic heterocycles. The Labute approximate surface area is 162 Å². The number of benzene rings is 1. The number of piperazine rings is 1. The van der Waals surface area contributed by atoms with Crippen LogP contribution >= 0.6 is 0 Å². The Hall–Kier alpha value is -3.30. The van der Waals surface area contributed by atoms with Crippen LogP contribution in [0.3, 0.4) is 0 Å². The first kappa shape index (κ1) is 18.1. The Balaban J connectivity index is 1.40. The van der Waals surface area contributed by atoms with Crippen LogP contribution in [0.2, 0.25) is 0 Å². The van der Waals surface area contributed by atoms with Crippen molar-refractivity contribution in [1.29, 1.82) is 0 Å². The zero-order valence-corrected chi connectivity index (χ0v) is 15.6. The van der Waals surface area contributed by atoms with Crippen LogP contribution < -0.4 is 19.7 Å². The minimum atomic E-state index is -0.282. The fourth-order valence-electron chi connectivity index (χ4n) is 3.06. The molecule has 2 aromatic rings. The lowest BCUT2D eigenvalue weighted by molar-refractivity contribution is 0.105. The van der Waals surface area contributed by atoms with Gasteiger partial charge < -0.3 is 29.3 Å². The Kier molecular flexibility index (Phi) is 5.27. The number of fused-ring (bicyclic) bond motifs is 1. The topological polar surface area (TPSA) is 102 Å². The third-order valence-electron chi connectivity index (χ3n) is 4.45. The predicted octanol–water partition coefficient (Wildman–Crippen LogP) is 1.66. The molecular weight excluding hydrogens is 364 g/mol. The van der Waals surface area contributed by atoms with Crippen molar-refractivity contribution < 1.29 is 19.0 Å². The molecule has 0 bridgehead atoms. The van der Waals surface area contributed by atoms with Gasteiger partial charge in [-0.25, -0.2) is 4.79 Å². The molecule has 1 saturated heterocycles. The van der Waals surface area contributed by atoms with Crippen molar-refractivity contribution in [3.63, 3.8) is 0 Å². The molecule has 0 spiro atoms. The maximum atomic E-state index is 11.8. The van der Waals surface area contributed by atoms with Crippen LogP contribution in [-0.4, -0.2) is 72.2 Å². The number of carbonyl (C=O) groups excluding carboxylic acids is 1. The minimum absolute atomic E-state index is 0.282. The summed E-state index contributed by atoms with van der Waals surface area (Å²) in [5.41, 5.74) is 0.822. The highest BCUT2D eigenvalue weighted by Crippen LogP contribution is 2.33. The molecule has 1 fully saturated rings. The van der Waals surface area contributed by atoms with Crippen molar-refractivity contribution in [2.75, 3.05) is 56.2 Å². The average Bonchev–Trinajstić information content (AvgIpc) is 2.74. The maximum Gasteiger partial charge on any atom is 0.409 e. The average molecular weight is 386 g/mol. The van der Waals surface area contributed by atoms with Gasteiger partial charge in [-0.15, -0.1) is 5.10 Å². The van der Waals surface area contributed by atoms with Gasteiger partial charge in [0.2, 0.25) is 5.95 Å². The molecule has 3 heterocycles. The van der Waals surface area contributed by atoms with E-state index in [0.29, 0.717) is 63.5 Å². The molecular formula is C18H22N6O4. The van der Waals surface area contributed by atoms with Gasteiger partial charge >= 0.3 is 6.09 Å². The molecule has 1 amide bonds. The van der Waals surface area contributed by atoms with E-state index < -0.39 is 0 Å². The van der Waals surface area contributed by atoms with Gasteiger partial charge in [-0.1, -0.05) is 0 Å². The standard InChI is InChI=1S/C18H22N6O4/c1-2-26-18(25)24-7-5-23(6-8-24)17-21-16(12-19-22-17)20-13-3-4-14-15(11-13)28-10-9-27-14/h3-4,11-12H,2,5-10H2,1H3,(H,20,21,22). The molecule has 148 valence electrons. The van der Waals surface area contributed by atoms with Crippen LogP contribution in [-0.2, 0) is 4.74 Å². The van der Waals surface area contributed by atoms with Crippen LogP contribution in [0.5, 0.6) is 11.5 Å². The van der Waals surface area contributed by atoms with Gasteiger partial charge in [-0.3, -0.25) is 0 Å². The molecule has 2 aliphatic heterocycles. The second-order valence-electron chi connectivity index (χ2n) is 6.30. The van der Waals surface area contributed by atoms with Gasteiger partial charge in [0.05, 0.1) is 12.8 Å². The second kappa shape index (κ2) is 8.15. The molecule has 10 nitrogen and oxygen atoms in total. The number of aromatic nitrogens is 3. The van der Waals surface area contributed by atoms with Crippen molar-refractivity contribution in [2.24, 2.45) is 0 Å². The molecule has 0 unspecified atom stereocenters. The summed E-state index contributed by atoms with van der Waals surface area (Å²) in [6, 6.07) is 5.63. The Morgan fingerprint density at radius 2 is 1.96 bits per heavy atom. The molecule has 0 atom stereocenters. The number of ether oxygens (including phenoxy) is 3. The summed E-state index contributed by atoms with van der Waals surface area (Å²) in [5, 5.41) is 11.4. The highest BCUT2D eigenvalue weighted by Gasteiger charge is 2.23. The van der Waals surface area contributed by atoms with E-state index in [1.54, 1.807) is 18.0 Å². The summed E-state index contributed by atoms with van der Waals surface area (Å²) in [5.74, 6) is 2.53. The third-order valence-corrected chi connectivity index (χ3v) is 4.45. The van der Waals surface area contributed by atoms with Crippen LogP contribution in [0.4, 0.5) is 22.2 Å². The van der Waals surface area contributed by atoms with Crippen molar-refractivity contribution in [1.82, 2.24) is 20.1 Å². The van der Waals surface area contributed by atoms with E-state index in [9.17, 15) is 4.79 Å². The Bertz CT molecular complexity index is 841. The first-order valence-electron chi connectivity index (χ1n) is 9.26. The first-order chi connectivity index (χ1) is 13.7. The second-order valence-corrected chi connectivity index (χ2v) is 6.30. The molecule has 1 aromatic carbocycles. The predicted molar refractivity (Wildman–Crippen MR) is 101 cm³/mol. The van der Waals surface area contributed by atoms with Crippen LogP contribution in [0.15, 0.2) is 24.4 Å². The summed E-state index contributed by atoms with van der Waals surface area (Å²) in [4.78, 5) is 20.0. The summed E-state index contributed by atoms with van der Waals surface area (Å²) >= 11 is 0. The highest BCUT2D eigenvalue weighted by molar-refractivity contribution is 5.68. The van der Waals surface area contributed by atoms with Gasteiger partial charge in [-0.05, 0) is 19.1 Å². The zero-order chi connectivity index (χ0) is 19.3. The maximum absolute atomic E-state index is 11.8. The largest absolute Gasteiger partial charge is 0.486 e. The number of hydrogen-bond donors (Lipinski definition) is 1. The van der Waals surface area contributed by atoms with E-state index in [-0.39, 0.29) is 6.09 Å². The van der Waals surface area contributed by atoms with E-state index in [4.69, 9.17) is 14.2 Å². The van der Waals surface area contributed by atoms with Gasteiger partial charge in [-0.2, -0.15) is 10.1 Å². The quantitative estimate of drug-likeness (QED) is 0.840. The van der Waals surface area contributed by atoms with Crippen LogP contribution in [0, 0.1) is 0 Å². The number of amides is 1. The molecule has 2 aliphatic rings. The number of nitrogens with zero attached hydrogens (tertiary/aromatic N) is 5. The van der Waals surface area contributed by atoms with Crippen molar-refractivity contribution >= 4 is 23.5 Å².